The molecule has 0 aliphatic carbocycles. The van der Waals surface area contributed by atoms with Crippen LogP contribution in [0.3, 0.4) is 0 Å². The fourth-order valence-corrected chi connectivity index (χ4v) is 1.63. The predicted octanol–water partition coefficient (Wildman–Crippen LogP) is 2.78. The Bertz CT molecular complexity index is 497. The maximum Gasteiger partial charge on any atom is 0.159 e. The SMILES string of the molecule is CCCNCc1ccnc(-c2ccc(F)cc2)n1. The molecule has 2 rings (SSSR count). The van der Waals surface area contributed by atoms with E-state index in [0.29, 0.717) is 5.82 Å². The minimum atomic E-state index is -0.250. The number of hydrogen-bond donors (Lipinski definition) is 1. The van der Waals surface area contributed by atoms with E-state index in [0.717, 1.165) is 30.8 Å². The van der Waals surface area contributed by atoms with Crippen LogP contribution in [0.15, 0.2) is 36.5 Å². The lowest BCUT2D eigenvalue weighted by Crippen LogP contribution is -2.15. The van der Waals surface area contributed by atoms with Crippen LogP contribution in [0.5, 0.6) is 0 Å². The van der Waals surface area contributed by atoms with Crippen LogP contribution < -0.4 is 5.32 Å². The number of halogens is 1. The van der Waals surface area contributed by atoms with E-state index in [1.807, 2.05) is 6.07 Å². The molecule has 3 nitrogen and oxygen atoms in total. The molecular formula is C14H16FN3. The van der Waals surface area contributed by atoms with Crippen molar-refractivity contribution >= 4 is 0 Å². The summed E-state index contributed by atoms with van der Waals surface area (Å²) in [6.07, 6.45) is 2.82. The summed E-state index contributed by atoms with van der Waals surface area (Å²) in [6, 6.07) is 8.10. The second-order valence-electron chi connectivity index (χ2n) is 4.06. The van der Waals surface area contributed by atoms with Gasteiger partial charge < -0.3 is 5.32 Å². The zero-order chi connectivity index (χ0) is 12.8. The Morgan fingerprint density at radius 3 is 2.67 bits per heavy atom. The first-order chi connectivity index (χ1) is 8.79. The van der Waals surface area contributed by atoms with Gasteiger partial charge in [0.25, 0.3) is 0 Å². The molecular weight excluding hydrogens is 229 g/mol. The lowest BCUT2D eigenvalue weighted by Gasteiger charge is -2.05. The third-order valence-electron chi connectivity index (χ3n) is 2.55. The van der Waals surface area contributed by atoms with Gasteiger partial charge in [0.1, 0.15) is 5.82 Å². The van der Waals surface area contributed by atoms with Gasteiger partial charge in [-0.25, -0.2) is 14.4 Å². The highest BCUT2D eigenvalue weighted by molar-refractivity contribution is 5.54. The molecule has 18 heavy (non-hydrogen) atoms. The molecule has 0 spiro atoms. The summed E-state index contributed by atoms with van der Waals surface area (Å²) in [5.41, 5.74) is 1.77. The van der Waals surface area contributed by atoms with Gasteiger partial charge in [0, 0.05) is 18.3 Å². The minimum Gasteiger partial charge on any atom is -0.311 e. The molecule has 94 valence electrons. The van der Waals surface area contributed by atoms with Crippen LogP contribution in [-0.2, 0) is 6.54 Å². The van der Waals surface area contributed by atoms with Crippen molar-refractivity contribution in [3.8, 4) is 11.4 Å². The van der Waals surface area contributed by atoms with Crippen LogP contribution in [0, 0.1) is 5.82 Å². The largest absolute Gasteiger partial charge is 0.311 e. The summed E-state index contributed by atoms with van der Waals surface area (Å²) in [4.78, 5) is 8.65. The van der Waals surface area contributed by atoms with Crippen molar-refractivity contribution in [3.05, 3.63) is 48.0 Å². The van der Waals surface area contributed by atoms with Crippen LogP contribution in [0.2, 0.25) is 0 Å². The molecule has 0 aliphatic heterocycles. The summed E-state index contributed by atoms with van der Waals surface area (Å²) in [5, 5.41) is 3.29. The van der Waals surface area contributed by atoms with Crippen molar-refractivity contribution in [2.24, 2.45) is 0 Å². The van der Waals surface area contributed by atoms with Crippen LogP contribution in [-0.4, -0.2) is 16.5 Å². The lowest BCUT2D eigenvalue weighted by atomic mass is 10.2. The number of hydrogen-bond acceptors (Lipinski definition) is 3. The Morgan fingerprint density at radius 1 is 1.17 bits per heavy atom. The highest BCUT2D eigenvalue weighted by Gasteiger charge is 2.02. The van der Waals surface area contributed by atoms with Crippen LogP contribution in [0.25, 0.3) is 11.4 Å². The molecule has 0 fully saturated rings. The molecule has 0 atom stereocenters. The van der Waals surface area contributed by atoms with Gasteiger partial charge in [-0.15, -0.1) is 0 Å². The Labute approximate surface area is 106 Å². The normalized spacial score (nSPS) is 10.6. The van der Waals surface area contributed by atoms with E-state index in [9.17, 15) is 4.39 Å². The van der Waals surface area contributed by atoms with E-state index in [4.69, 9.17) is 0 Å². The molecule has 4 heteroatoms. The Kier molecular flexibility index (Phi) is 4.36. The monoisotopic (exact) mass is 245 g/mol. The summed E-state index contributed by atoms with van der Waals surface area (Å²) in [5.74, 6) is 0.380. The maximum atomic E-state index is 12.8. The lowest BCUT2D eigenvalue weighted by molar-refractivity contribution is 0.628. The smallest absolute Gasteiger partial charge is 0.159 e. The van der Waals surface area contributed by atoms with Crippen LogP contribution >= 0.6 is 0 Å². The first-order valence-corrected chi connectivity index (χ1v) is 6.08. The molecule has 0 amide bonds. The van der Waals surface area contributed by atoms with Crippen molar-refractivity contribution in [3.63, 3.8) is 0 Å². The zero-order valence-electron chi connectivity index (χ0n) is 10.4. The van der Waals surface area contributed by atoms with Crippen LogP contribution in [0.1, 0.15) is 19.0 Å². The van der Waals surface area contributed by atoms with E-state index in [-0.39, 0.29) is 5.82 Å². The van der Waals surface area contributed by atoms with E-state index in [2.05, 4.69) is 22.2 Å². The molecule has 1 aromatic carbocycles. The van der Waals surface area contributed by atoms with Gasteiger partial charge in [0.05, 0.1) is 5.69 Å². The summed E-state index contributed by atoms with van der Waals surface area (Å²) in [7, 11) is 0. The van der Waals surface area contributed by atoms with Crippen molar-refractivity contribution in [1.82, 2.24) is 15.3 Å². The second kappa shape index (κ2) is 6.21. The van der Waals surface area contributed by atoms with Crippen molar-refractivity contribution in [1.29, 1.82) is 0 Å². The van der Waals surface area contributed by atoms with Gasteiger partial charge in [-0.2, -0.15) is 0 Å². The van der Waals surface area contributed by atoms with E-state index < -0.39 is 0 Å². The third-order valence-corrected chi connectivity index (χ3v) is 2.55. The van der Waals surface area contributed by atoms with Gasteiger partial charge in [-0.1, -0.05) is 6.92 Å². The predicted molar refractivity (Wildman–Crippen MR) is 69.4 cm³/mol. The number of nitrogens with zero attached hydrogens (tertiary/aromatic N) is 2. The fourth-order valence-electron chi connectivity index (χ4n) is 1.63. The Morgan fingerprint density at radius 2 is 1.94 bits per heavy atom. The maximum absolute atomic E-state index is 12.8. The Hall–Kier alpha value is -1.81. The first kappa shape index (κ1) is 12.6. The van der Waals surface area contributed by atoms with E-state index in [1.54, 1.807) is 18.3 Å². The fraction of sp³-hybridized carbons (Fsp3) is 0.286. The quantitative estimate of drug-likeness (QED) is 0.823. The summed E-state index contributed by atoms with van der Waals surface area (Å²) in [6.45, 7) is 3.82. The van der Waals surface area contributed by atoms with Gasteiger partial charge >= 0.3 is 0 Å². The van der Waals surface area contributed by atoms with Gasteiger partial charge in [-0.05, 0) is 43.3 Å². The van der Waals surface area contributed by atoms with Crippen molar-refractivity contribution in [2.75, 3.05) is 6.54 Å². The average Bonchev–Trinajstić information content (AvgIpc) is 2.40. The number of nitrogens with one attached hydrogen (secondary N) is 1. The van der Waals surface area contributed by atoms with Gasteiger partial charge in [0.2, 0.25) is 0 Å². The average molecular weight is 245 g/mol. The number of aromatic nitrogens is 2. The standard InChI is InChI=1S/C14H16FN3/c1-2-8-16-10-13-7-9-17-14(18-13)11-3-5-12(15)6-4-11/h3-7,9,16H,2,8,10H2,1H3. The van der Waals surface area contributed by atoms with E-state index >= 15 is 0 Å². The van der Waals surface area contributed by atoms with Gasteiger partial charge in [0.15, 0.2) is 5.82 Å². The minimum absolute atomic E-state index is 0.250. The highest BCUT2D eigenvalue weighted by Crippen LogP contribution is 2.14. The molecule has 1 heterocycles. The van der Waals surface area contributed by atoms with Crippen molar-refractivity contribution in [2.45, 2.75) is 19.9 Å². The number of rotatable bonds is 5. The first-order valence-electron chi connectivity index (χ1n) is 6.08. The molecule has 2 aromatic rings. The highest BCUT2D eigenvalue weighted by atomic mass is 19.1. The molecule has 0 aliphatic rings. The molecule has 0 bridgehead atoms. The topological polar surface area (TPSA) is 37.8 Å². The third kappa shape index (κ3) is 3.34. The van der Waals surface area contributed by atoms with Crippen LogP contribution in [0.4, 0.5) is 4.39 Å². The van der Waals surface area contributed by atoms with Gasteiger partial charge in [-0.3, -0.25) is 0 Å². The molecule has 0 unspecified atom stereocenters. The summed E-state index contributed by atoms with van der Waals surface area (Å²) >= 11 is 0. The second-order valence-corrected chi connectivity index (χ2v) is 4.06. The molecule has 0 radical (unpaired) electrons. The molecule has 0 saturated heterocycles. The molecule has 1 N–H and O–H groups in total. The number of benzene rings is 1. The van der Waals surface area contributed by atoms with Crippen molar-refractivity contribution < 1.29 is 4.39 Å². The molecule has 0 saturated carbocycles. The Balaban J connectivity index is 2.13. The zero-order valence-corrected chi connectivity index (χ0v) is 10.4. The van der Waals surface area contributed by atoms with E-state index in [1.165, 1.54) is 12.1 Å². The molecule has 1 aromatic heterocycles. The summed E-state index contributed by atoms with van der Waals surface area (Å²) < 4.78 is 12.8.